The zero-order chi connectivity index (χ0) is 15.1. The van der Waals surface area contributed by atoms with Crippen molar-refractivity contribution in [1.82, 2.24) is 5.32 Å². The Kier molecular flexibility index (Phi) is 6.05. The number of hydrogen-bond donors (Lipinski definition) is 3. The lowest BCUT2D eigenvalue weighted by Crippen LogP contribution is -2.43. The molecule has 0 spiro atoms. The van der Waals surface area contributed by atoms with E-state index in [1.54, 1.807) is 24.3 Å². The van der Waals surface area contributed by atoms with E-state index in [0.29, 0.717) is 11.4 Å². The number of anilines is 1. The van der Waals surface area contributed by atoms with Gasteiger partial charge in [-0.3, -0.25) is 9.59 Å². The highest BCUT2D eigenvalue weighted by Crippen LogP contribution is 2.16. The quantitative estimate of drug-likeness (QED) is 0.430. The number of rotatable bonds is 5. The summed E-state index contributed by atoms with van der Waals surface area (Å²) in [6, 6.07) is 5.51. The van der Waals surface area contributed by atoms with Crippen LogP contribution in [0.2, 0.25) is 0 Å². The van der Waals surface area contributed by atoms with Gasteiger partial charge in [-0.05, 0) is 24.3 Å². The van der Waals surface area contributed by atoms with E-state index in [0.717, 1.165) is 0 Å². The summed E-state index contributed by atoms with van der Waals surface area (Å²) in [6.45, 7) is 2.71. The first-order valence-electron chi connectivity index (χ1n) is 5.89. The van der Waals surface area contributed by atoms with Crippen molar-refractivity contribution < 1.29 is 19.1 Å². The normalized spacial score (nSPS) is 11.3. The molecule has 2 amide bonds. The first kappa shape index (κ1) is 16.0. The molecule has 1 aromatic carbocycles. The number of benzene rings is 1. The van der Waals surface area contributed by atoms with Gasteiger partial charge in [0.05, 0.1) is 0 Å². The van der Waals surface area contributed by atoms with Crippen LogP contribution >= 0.6 is 12.6 Å². The van der Waals surface area contributed by atoms with Crippen LogP contribution in [0, 0.1) is 0 Å². The molecule has 0 saturated carbocycles. The lowest BCUT2D eigenvalue weighted by Gasteiger charge is -2.14. The summed E-state index contributed by atoms with van der Waals surface area (Å²) in [5.41, 5.74) is 0.602. The number of carbonyl (C=O) groups is 3. The van der Waals surface area contributed by atoms with Gasteiger partial charge in [-0.25, -0.2) is 4.79 Å². The van der Waals surface area contributed by atoms with Crippen molar-refractivity contribution in [2.45, 2.75) is 19.9 Å². The SMILES string of the molecule is CC(=O)Nc1ccc(OC(=O)C(CS)NC(C)=O)cc1. The Balaban J connectivity index is 2.65. The maximum Gasteiger partial charge on any atom is 0.334 e. The zero-order valence-electron chi connectivity index (χ0n) is 11.2. The van der Waals surface area contributed by atoms with Gasteiger partial charge in [0, 0.05) is 25.3 Å². The predicted molar refractivity (Wildman–Crippen MR) is 77.8 cm³/mol. The fourth-order valence-corrected chi connectivity index (χ4v) is 1.66. The van der Waals surface area contributed by atoms with Gasteiger partial charge < -0.3 is 15.4 Å². The minimum Gasteiger partial charge on any atom is -0.425 e. The number of nitrogens with one attached hydrogen (secondary N) is 2. The van der Waals surface area contributed by atoms with Gasteiger partial charge >= 0.3 is 5.97 Å². The van der Waals surface area contributed by atoms with Crippen LogP contribution in [0.5, 0.6) is 5.75 Å². The van der Waals surface area contributed by atoms with Crippen molar-refractivity contribution >= 4 is 36.1 Å². The molecule has 1 atom stereocenters. The van der Waals surface area contributed by atoms with Crippen LogP contribution in [0.1, 0.15) is 13.8 Å². The van der Waals surface area contributed by atoms with Crippen molar-refractivity contribution in [1.29, 1.82) is 0 Å². The molecule has 0 aliphatic carbocycles. The molecule has 0 heterocycles. The number of ether oxygens (including phenoxy) is 1. The molecule has 1 rings (SSSR count). The maximum absolute atomic E-state index is 11.8. The molecule has 108 valence electrons. The van der Waals surface area contributed by atoms with E-state index in [1.165, 1.54) is 13.8 Å². The first-order chi connectivity index (χ1) is 9.42. The van der Waals surface area contributed by atoms with Crippen LogP contribution in [-0.4, -0.2) is 29.6 Å². The van der Waals surface area contributed by atoms with Crippen LogP contribution in [0.15, 0.2) is 24.3 Å². The molecule has 0 radical (unpaired) electrons. The number of thiol groups is 1. The Morgan fingerprint density at radius 2 is 1.75 bits per heavy atom. The standard InChI is InChI=1S/C13H16N2O4S/c1-8(16)14-10-3-5-11(6-4-10)19-13(18)12(7-20)15-9(2)17/h3-6,12,20H,7H2,1-2H3,(H,14,16)(H,15,17). The molecular weight excluding hydrogens is 280 g/mol. The third-order valence-corrected chi connectivity index (χ3v) is 2.60. The molecule has 0 aromatic heterocycles. The van der Waals surface area contributed by atoms with E-state index in [1.807, 2.05) is 0 Å². The second-order valence-electron chi connectivity index (χ2n) is 4.06. The lowest BCUT2D eigenvalue weighted by molar-refractivity contribution is -0.138. The Morgan fingerprint density at radius 3 is 2.20 bits per heavy atom. The zero-order valence-corrected chi connectivity index (χ0v) is 12.1. The third-order valence-electron chi connectivity index (χ3n) is 2.24. The second-order valence-corrected chi connectivity index (χ2v) is 4.43. The van der Waals surface area contributed by atoms with Gasteiger partial charge in [0.1, 0.15) is 11.8 Å². The van der Waals surface area contributed by atoms with Crippen LogP contribution in [0.4, 0.5) is 5.69 Å². The minimum atomic E-state index is -0.800. The molecule has 7 heteroatoms. The van der Waals surface area contributed by atoms with E-state index in [2.05, 4.69) is 23.3 Å². The molecule has 0 bridgehead atoms. The predicted octanol–water partition coefficient (Wildman–Crippen LogP) is 0.985. The average molecular weight is 296 g/mol. The largest absolute Gasteiger partial charge is 0.425 e. The summed E-state index contributed by atoms with van der Waals surface area (Å²) in [7, 11) is 0. The van der Waals surface area contributed by atoms with E-state index in [-0.39, 0.29) is 17.6 Å². The molecule has 0 aliphatic heterocycles. The lowest BCUT2D eigenvalue weighted by atomic mass is 10.3. The van der Waals surface area contributed by atoms with E-state index >= 15 is 0 Å². The van der Waals surface area contributed by atoms with Gasteiger partial charge in [0.2, 0.25) is 11.8 Å². The van der Waals surface area contributed by atoms with Crippen LogP contribution in [-0.2, 0) is 14.4 Å². The van der Waals surface area contributed by atoms with Crippen LogP contribution in [0.3, 0.4) is 0 Å². The third kappa shape index (κ3) is 5.31. The van der Waals surface area contributed by atoms with Gasteiger partial charge in [-0.1, -0.05) is 0 Å². The summed E-state index contributed by atoms with van der Waals surface area (Å²) in [4.78, 5) is 33.6. The minimum absolute atomic E-state index is 0.141. The van der Waals surface area contributed by atoms with E-state index < -0.39 is 12.0 Å². The summed E-state index contributed by atoms with van der Waals surface area (Å²) >= 11 is 3.99. The molecule has 20 heavy (non-hydrogen) atoms. The van der Waals surface area contributed by atoms with Gasteiger partial charge in [0.15, 0.2) is 0 Å². The van der Waals surface area contributed by atoms with Crippen molar-refractivity contribution in [2.24, 2.45) is 0 Å². The highest BCUT2D eigenvalue weighted by molar-refractivity contribution is 7.80. The molecule has 1 aromatic rings. The smallest absolute Gasteiger partial charge is 0.334 e. The van der Waals surface area contributed by atoms with Crippen molar-refractivity contribution in [3.05, 3.63) is 24.3 Å². The van der Waals surface area contributed by atoms with Crippen molar-refractivity contribution in [2.75, 3.05) is 11.1 Å². The Labute approximate surface area is 122 Å². The summed E-state index contributed by atoms with van der Waals surface area (Å²) < 4.78 is 5.11. The second kappa shape index (κ2) is 7.54. The van der Waals surface area contributed by atoms with E-state index in [4.69, 9.17) is 4.74 Å². The first-order valence-corrected chi connectivity index (χ1v) is 6.53. The molecular formula is C13H16N2O4S. The van der Waals surface area contributed by atoms with Crippen molar-refractivity contribution in [3.63, 3.8) is 0 Å². The van der Waals surface area contributed by atoms with Gasteiger partial charge in [-0.2, -0.15) is 12.6 Å². The van der Waals surface area contributed by atoms with Crippen molar-refractivity contribution in [3.8, 4) is 5.75 Å². The van der Waals surface area contributed by atoms with Crippen LogP contribution < -0.4 is 15.4 Å². The Hall–Kier alpha value is -2.02. The van der Waals surface area contributed by atoms with Gasteiger partial charge in [-0.15, -0.1) is 0 Å². The Morgan fingerprint density at radius 1 is 1.15 bits per heavy atom. The fourth-order valence-electron chi connectivity index (χ4n) is 1.42. The number of esters is 1. The highest BCUT2D eigenvalue weighted by atomic mass is 32.1. The maximum atomic E-state index is 11.8. The Bertz CT molecular complexity index is 502. The fraction of sp³-hybridized carbons (Fsp3) is 0.308. The van der Waals surface area contributed by atoms with Crippen LogP contribution in [0.25, 0.3) is 0 Å². The van der Waals surface area contributed by atoms with Gasteiger partial charge in [0.25, 0.3) is 0 Å². The number of amides is 2. The number of carbonyl (C=O) groups excluding carboxylic acids is 3. The topological polar surface area (TPSA) is 84.5 Å². The summed E-state index contributed by atoms with van der Waals surface area (Å²) in [5.74, 6) is -0.649. The molecule has 6 nitrogen and oxygen atoms in total. The molecule has 0 saturated heterocycles. The summed E-state index contributed by atoms with van der Waals surface area (Å²) in [6.07, 6.45) is 0. The highest BCUT2D eigenvalue weighted by Gasteiger charge is 2.19. The molecule has 0 fully saturated rings. The molecule has 2 N–H and O–H groups in total. The number of hydrogen-bond acceptors (Lipinski definition) is 5. The molecule has 0 aliphatic rings. The molecule has 1 unspecified atom stereocenters. The summed E-state index contributed by atoms with van der Waals surface area (Å²) in [5, 5.41) is 5.04. The average Bonchev–Trinajstić information content (AvgIpc) is 2.37. The van der Waals surface area contributed by atoms with E-state index in [9.17, 15) is 14.4 Å². The monoisotopic (exact) mass is 296 g/mol.